The number of benzene rings is 4. The largest absolute Gasteiger partial charge is 0.508 e. The van der Waals surface area contributed by atoms with Gasteiger partial charge in [-0.15, -0.1) is 0 Å². The molecule has 0 unspecified atom stereocenters. The first-order valence-corrected chi connectivity index (χ1v) is 11.6. The maximum atomic E-state index is 11.8. The van der Waals surface area contributed by atoms with Crippen LogP contribution in [0.3, 0.4) is 0 Å². The van der Waals surface area contributed by atoms with Gasteiger partial charge in [-0.25, -0.2) is 8.42 Å². The molecular weight excluding hydrogens is 410 g/mol. The molecule has 0 aromatic heterocycles. The van der Waals surface area contributed by atoms with Crippen molar-refractivity contribution in [1.82, 2.24) is 0 Å². The average Bonchev–Trinajstić information content (AvgIpc) is 2.75. The number of phenolic OH excluding ortho intramolecular Hbond substituents is 1. The molecule has 5 nitrogen and oxygen atoms in total. The molecule has 0 atom stereocenters. The lowest BCUT2D eigenvalue weighted by atomic mass is 9.94. The minimum absolute atomic E-state index is 0.00775. The molecule has 0 saturated heterocycles. The Kier molecular flexibility index (Phi) is 5.57. The highest BCUT2D eigenvalue weighted by molar-refractivity contribution is 7.92. The number of hydrogen-bond acceptors (Lipinski definition) is 4. The lowest BCUT2D eigenvalue weighted by Crippen LogP contribution is -2.14. The van der Waals surface area contributed by atoms with E-state index < -0.39 is 10.0 Å². The van der Waals surface area contributed by atoms with E-state index in [9.17, 15) is 13.5 Å². The number of fused-ring (bicyclic) bond motifs is 1. The molecule has 0 aliphatic heterocycles. The number of aryl methyl sites for hydroxylation is 1. The number of sulfonamides is 1. The van der Waals surface area contributed by atoms with Crippen LogP contribution >= 0.6 is 0 Å². The Morgan fingerprint density at radius 1 is 0.935 bits per heavy atom. The van der Waals surface area contributed by atoms with Gasteiger partial charge >= 0.3 is 0 Å². The van der Waals surface area contributed by atoms with Crippen molar-refractivity contribution in [3.05, 3.63) is 84.4 Å². The summed E-state index contributed by atoms with van der Waals surface area (Å²) in [5.74, 6) is 1.46. The second kappa shape index (κ2) is 8.32. The van der Waals surface area contributed by atoms with Crippen molar-refractivity contribution >= 4 is 26.5 Å². The van der Waals surface area contributed by atoms with E-state index in [1.54, 1.807) is 43.3 Å². The SMILES string of the molecule is CCS(=O)(=O)Nc1ccc(Oc2c(-c3ccccc3)c(C)cc3cc(O)ccc23)cc1. The fraction of sp³-hybridized carbons (Fsp3) is 0.120. The predicted molar refractivity (Wildman–Crippen MR) is 125 cm³/mol. The van der Waals surface area contributed by atoms with Gasteiger partial charge in [-0.05, 0) is 72.8 Å². The van der Waals surface area contributed by atoms with Crippen LogP contribution in [0.1, 0.15) is 12.5 Å². The topological polar surface area (TPSA) is 75.6 Å². The van der Waals surface area contributed by atoms with Gasteiger partial charge in [0.2, 0.25) is 10.0 Å². The second-order valence-corrected chi connectivity index (χ2v) is 9.31. The maximum absolute atomic E-state index is 11.8. The third kappa shape index (κ3) is 4.49. The highest BCUT2D eigenvalue weighted by Crippen LogP contribution is 2.42. The summed E-state index contributed by atoms with van der Waals surface area (Å²) in [6, 6.07) is 24.0. The Morgan fingerprint density at radius 2 is 1.65 bits per heavy atom. The van der Waals surface area contributed by atoms with Crippen molar-refractivity contribution in [3.63, 3.8) is 0 Å². The van der Waals surface area contributed by atoms with Crippen LogP contribution in [0.2, 0.25) is 0 Å². The van der Waals surface area contributed by atoms with Gasteiger partial charge in [-0.2, -0.15) is 0 Å². The molecule has 0 amide bonds. The van der Waals surface area contributed by atoms with Crippen LogP contribution in [0, 0.1) is 6.92 Å². The molecule has 31 heavy (non-hydrogen) atoms. The van der Waals surface area contributed by atoms with Crippen molar-refractivity contribution < 1.29 is 18.3 Å². The second-order valence-electron chi connectivity index (χ2n) is 7.30. The zero-order valence-electron chi connectivity index (χ0n) is 17.3. The van der Waals surface area contributed by atoms with Crippen LogP contribution in [-0.2, 0) is 10.0 Å². The Hall–Kier alpha value is -3.51. The van der Waals surface area contributed by atoms with E-state index in [4.69, 9.17) is 4.74 Å². The summed E-state index contributed by atoms with van der Waals surface area (Å²) in [5, 5.41) is 11.7. The molecule has 0 bridgehead atoms. The van der Waals surface area contributed by atoms with Crippen LogP contribution in [0.4, 0.5) is 5.69 Å². The fourth-order valence-corrected chi connectivity index (χ4v) is 4.17. The molecule has 2 N–H and O–H groups in total. The molecule has 0 spiro atoms. The van der Waals surface area contributed by atoms with Crippen LogP contribution in [0.5, 0.6) is 17.2 Å². The zero-order chi connectivity index (χ0) is 22.0. The van der Waals surface area contributed by atoms with Crippen LogP contribution < -0.4 is 9.46 Å². The van der Waals surface area contributed by atoms with E-state index in [0.717, 1.165) is 27.5 Å². The third-order valence-corrected chi connectivity index (χ3v) is 6.37. The first-order chi connectivity index (χ1) is 14.9. The van der Waals surface area contributed by atoms with Gasteiger partial charge in [0.05, 0.1) is 5.75 Å². The Bertz CT molecular complexity index is 1330. The third-order valence-electron chi connectivity index (χ3n) is 5.06. The quantitative estimate of drug-likeness (QED) is 0.387. The van der Waals surface area contributed by atoms with Gasteiger partial charge in [-0.3, -0.25) is 4.72 Å². The summed E-state index contributed by atoms with van der Waals surface area (Å²) >= 11 is 0. The number of phenols is 1. The van der Waals surface area contributed by atoms with E-state index in [-0.39, 0.29) is 11.5 Å². The van der Waals surface area contributed by atoms with E-state index in [2.05, 4.69) is 4.72 Å². The molecule has 4 rings (SSSR count). The van der Waals surface area contributed by atoms with Crippen molar-refractivity contribution in [2.24, 2.45) is 0 Å². The molecule has 6 heteroatoms. The molecule has 0 heterocycles. The summed E-state index contributed by atoms with van der Waals surface area (Å²) in [5.41, 5.74) is 3.50. The summed E-state index contributed by atoms with van der Waals surface area (Å²) < 4.78 is 32.5. The van der Waals surface area contributed by atoms with E-state index in [0.29, 0.717) is 17.2 Å². The number of rotatable bonds is 6. The van der Waals surface area contributed by atoms with Crippen molar-refractivity contribution in [2.75, 3.05) is 10.5 Å². The molecule has 0 fully saturated rings. The normalized spacial score (nSPS) is 11.4. The van der Waals surface area contributed by atoms with Gasteiger partial charge in [0.1, 0.15) is 17.2 Å². The zero-order valence-corrected chi connectivity index (χ0v) is 18.1. The maximum Gasteiger partial charge on any atom is 0.232 e. The Balaban J connectivity index is 1.80. The molecule has 0 aliphatic carbocycles. The number of ether oxygens (including phenoxy) is 1. The molecule has 0 saturated carbocycles. The summed E-state index contributed by atoms with van der Waals surface area (Å²) in [6.45, 7) is 3.60. The lowest BCUT2D eigenvalue weighted by molar-refractivity contribution is 0.475. The van der Waals surface area contributed by atoms with Crippen LogP contribution in [0.15, 0.2) is 78.9 Å². The number of aromatic hydroxyl groups is 1. The van der Waals surface area contributed by atoms with Crippen molar-refractivity contribution in [1.29, 1.82) is 0 Å². The first-order valence-electron chi connectivity index (χ1n) is 9.96. The molecule has 158 valence electrons. The van der Waals surface area contributed by atoms with Crippen molar-refractivity contribution in [3.8, 4) is 28.4 Å². The standard InChI is InChI=1S/C25H23NO4S/c1-3-31(28,29)26-20-9-12-22(13-10-20)30-25-23-14-11-21(27)16-19(23)15-17(2)24(25)18-7-5-4-6-8-18/h4-16,26-27H,3H2,1-2H3. The monoisotopic (exact) mass is 433 g/mol. The van der Waals surface area contributed by atoms with Crippen molar-refractivity contribution in [2.45, 2.75) is 13.8 Å². The number of hydrogen-bond donors (Lipinski definition) is 2. The number of anilines is 1. The molecule has 0 aliphatic rings. The van der Waals surface area contributed by atoms with Crippen LogP contribution in [0.25, 0.3) is 21.9 Å². The minimum Gasteiger partial charge on any atom is -0.508 e. The predicted octanol–water partition coefficient (Wildman–Crippen LogP) is 6.07. The van der Waals surface area contributed by atoms with E-state index >= 15 is 0 Å². The van der Waals surface area contributed by atoms with E-state index in [1.165, 1.54) is 0 Å². The van der Waals surface area contributed by atoms with Gasteiger partial charge in [0, 0.05) is 16.6 Å². The number of nitrogens with one attached hydrogen (secondary N) is 1. The van der Waals surface area contributed by atoms with Gasteiger partial charge in [-0.1, -0.05) is 36.4 Å². The molecule has 4 aromatic rings. The summed E-state index contributed by atoms with van der Waals surface area (Å²) in [4.78, 5) is 0. The first kappa shape index (κ1) is 20.8. The fourth-order valence-electron chi connectivity index (χ4n) is 3.53. The molecule has 0 radical (unpaired) electrons. The Morgan fingerprint density at radius 3 is 2.32 bits per heavy atom. The molecule has 4 aromatic carbocycles. The van der Waals surface area contributed by atoms with E-state index in [1.807, 2.05) is 49.4 Å². The minimum atomic E-state index is -3.34. The summed E-state index contributed by atoms with van der Waals surface area (Å²) in [6.07, 6.45) is 0. The highest BCUT2D eigenvalue weighted by Gasteiger charge is 2.16. The van der Waals surface area contributed by atoms with Gasteiger partial charge in [0.25, 0.3) is 0 Å². The van der Waals surface area contributed by atoms with Gasteiger partial charge in [0.15, 0.2) is 0 Å². The van der Waals surface area contributed by atoms with Crippen LogP contribution in [-0.4, -0.2) is 19.3 Å². The van der Waals surface area contributed by atoms with Gasteiger partial charge < -0.3 is 9.84 Å². The highest BCUT2D eigenvalue weighted by atomic mass is 32.2. The molecular formula is C25H23NO4S. The summed E-state index contributed by atoms with van der Waals surface area (Å²) in [7, 11) is -3.34. The smallest absolute Gasteiger partial charge is 0.232 e. The average molecular weight is 434 g/mol. The lowest BCUT2D eigenvalue weighted by Gasteiger charge is -2.18. The Labute approximate surface area is 182 Å².